The largest absolute Gasteiger partial charge is 0.481 e. The molecule has 3 heteroatoms. The van der Waals surface area contributed by atoms with Gasteiger partial charge in [0.1, 0.15) is 0 Å². The van der Waals surface area contributed by atoms with Crippen LogP contribution in [0.25, 0.3) is 0 Å². The van der Waals surface area contributed by atoms with Crippen LogP contribution in [-0.2, 0) is 4.79 Å². The van der Waals surface area contributed by atoms with Crippen LogP contribution in [0.5, 0.6) is 0 Å². The van der Waals surface area contributed by atoms with Crippen molar-refractivity contribution in [3.05, 3.63) is 0 Å². The average Bonchev–Trinajstić information content (AvgIpc) is 2.35. The highest BCUT2D eigenvalue weighted by Gasteiger charge is 2.40. The molecular formula is C15H29NO2. The van der Waals surface area contributed by atoms with Crippen LogP contribution in [0.4, 0.5) is 0 Å². The summed E-state index contributed by atoms with van der Waals surface area (Å²) in [5.74, 6) is -0.643. The van der Waals surface area contributed by atoms with Crippen LogP contribution >= 0.6 is 0 Å². The lowest BCUT2D eigenvalue weighted by Crippen LogP contribution is -2.53. The van der Waals surface area contributed by atoms with Crippen molar-refractivity contribution < 1.29 is 9.90 Å². The van der Waals surface area contributed by atoms with E-state index in [0.29, 0.717) is 12.5 Å². The summed E-state index contributed by atoms with van der Waals surface area (Å²) in [5.41, 5.74) is -0.0834. The summed E-state index contributed by atoms with van der Waals surface area (Å²) in [6, 6.07) is 0.535. The lowest BCUT2D eigenvalue weighted by molar-refractivity contribution is -0.141. The Morgan fingerprint density at radius 2 is 1.89 bits per heavy atom. The molecule has 3 nitrogen and oxygen atoms in total. The van der Waals surface area contributed by atoms with E-state index in [-0.39, 0.29) is 5.54 Å². The summed E-state index contributed by atoms with van der Waals surface area (Å²) in [7, 11) is 2.15. The van der Waals surface area contributed by atoms with E-state index in [9.17, 15) is 9.90 Å². The third-order valence-electron chi connectivity index (χ3n) is 4.65. The summed E-state index contributed by atoms with van der Waals surface area (Å²) in [4.78, 5) is 13.6. The second-order valence-electron chi connectivity index (χ2n) is 5.82. The molecule has 0 saturated heterocycles. The molecule has 18 heavy (non-hydrogen) atoms. The van der Waals surface area contributed by atoms with Crippen molar-refractivity contribution in [3.63, 3.8) is 0 Å². The molecule has 1 fully saturated rings. The van der Waals surface area contributed by atoms with Gasteiger partial charge in [-0.05, 0) is 32.7 Å². The number of carbonyl (C=O) groups is 1. The van der Waals surface area contributed by atoms with Crippen molar-refractivity contribution in [2.75, 3.05) is 7.05 Å². The van der Waals surface area contributed by atoms with Gasteiger partial charge in [0.05, 0.1) is 6.42 Å². The zero-order chi connectivity index (χ0) is 13.6. The number of hydrogen-bond donors (Lipinski definition) is 1. The van der Waals surface area contributed by atoms with Gasteiger partial charge in [0.25, 0.3) is 0 Å². The molecule has 0 amide bonds. The molecule has 0 heterocycles. The first-order valence-corrected chi connectivity index (χ1v) is 7.50. The van der Waals surface area contributed by atoms with Gasteiger partial charge in [-0.3, -0.25) is 9.69 Å². The second kappa shape index (κ2) is 7.13. The number of aliphatic carboxylic acids is 1. The van der Waals surface area contributed by atoms with E-state index in [1.165, 1.54) is 32.1 Å². The summed E-state index contributed by atoms with van der Waals surface area (Å²) in [6.07, 6.45) is 9.50. The smallest absolute Gasteiger partial charge is 0.305 e. The molecule has 1 N–H and O–H groups in total. The zero-order valence-electron chi connectivity index (χ0n) is 12.2. The van der Waals surface area contributed by atoms with Crippen LogP contribution in [0, 0.1) is 0 Å². The van der Waals surface area contributed by atoms with Crippen LogP contribution in [0.15, 0.2) is 0 Å². The Morgan fingerprint density at radius 3 is 2.33 bits per heavy atom. The molecule has 0 aromatic heterocycles. The molecule has 1 aliphatic carbocycles. The molecule has 1 saturated carbocycles. The standard InChI is InChI=1S/C15H29NO2/c1-4-9-13(5-2)16(3)15(12-14(17)18)10-7-6-8-11-15/h13H,4-12H2,1-3H3,(H,17,18). The highest BCUT2D eigenvalue weighted by molar-refractivity contribution is 5.68. The maximum Gasteiger partial charge on any atom is 0.305 e. The van der Waals surface area contributed by atoms with Crippen LogP contribution in [0.2, 0.25) is 0 Å². The Labute approximate surface area is 112 Å². The first-order chi connectivity index (χ1) is 8.55. The van der Waals surface area contributed by atoms with E-state index in [2.05, 4.69) is 25.8 Å². The van der Waals surface area contributed by atoms with E-state index in [1.807, 2.05) is 0 Å². The zero-order valence-corrected chi connectivity index (χ0v) is 12.2. The topological polar surface area (TPSA) is 40.5 Å². The van der Waals surface area contributed by atoms with E-state index in [0.717, 1.165) is 19.3 Å². The summed E-state index contributed by atoms with van der Waals surface area (Å²) in [6.45, 7) is 4.43. The molecule has 1 atom stereocenters. The van der Waals surface area contributed by atoms with Crippen molar-refractivity contribution in [1.82, 2.24) is 4.90 Å². The van der Waals surface area contributed by atoms with Gasteiger partial charge < -0.3 is 5.11 Å². The molecule has 0 aromatic rings. The van der Waals surface area contributed by atoms with Gasteiger partial charge in [0.2, 0.25) is 0 Å². The lowest BCUT2D eigenvalue weighted by Gasteiger charge is -2.47. The predicted molar refractivity (Wildman–Crippen MR) is 74.8 cm³/mol. The molecule has 1 rings (SSSR count). The van der Waals surface area contributed by atoms with Crippen LogP contribution in [-0.4, -0.2) is 34.6 Å². The minimum absolute atomic E-state index is 0.0834. The van der Waals surface area contributed by atoms with Gasteiger partial charge in [-0.1, -0.05) is 39.5 Å². The Balaban J connectivity index is 2.82. The SMILES string of the molecule is CCCC(CC)N(C)C1(CC(=O)O)CCCCC1. The van der Waals surface area contributed by atoms with Gasteiger partial charge in [0.15, 0.2) is 0 Å². The van der Waals surface area contributed by atoms with Crippen molar-refractivity contribution in [2.24, 2.45) is 0 Å². The number of rotatable bonds is 7. The van der Waals surface area contributed by atoms with Gasteiger partial charge in [-0.15, -0.1) is 0 Å². The monoisotopic (exact) mass is 255 g/mol. The molecule has 106 valence electrons. The third kappa shape index (κ3) is 3.71. The molecule has 0 radical (unpaired) electrons. The van der Waals surface area contributed by atoms with Crippen molar-refractivity contribution in [1.29, 1.82) is 0 Å². The van der Waals surface area contributed by atoms with Crippen LogP contribution in [0.1, 0.15) is 71.6 Å². The molecule has 0 bridgehead atoms. The fraction of sp³-hybridized carbons (Fsp3) is 0.933. The van der Waals surface area contributed by atoms with Gasteiger partial charge in [-0.2, -0.15) is 0 Å². The number of carboxylic acids is 1. The molecule has 1 unspecified atom stereocenters. The van der Waals surface area contributed by atoms with Gasteiger partial charge >= 0.3 is 5.97 Å². The second-order valence-corrected chi connectivity index (χ2v) is 5.82. The van der Waals surface area contributed by atoms with Gasteiger partial charge in [0, 0.05) is 11.6 Å². The average molecular weight is 255 g/mol. The minimum atomic E-state index is -0.643. The fourth-order valence-corrected chi connectivity index (χ4v) is 3.54. The summed E-state index contributed by atoms with van der Waals surface area (Å²) in [5, 5.41) is 9.24. The maximum absolute atomic E-state index is 11.2. The Hall–Kier alpha value is -0.570. The highest BCUT2D eigenvalue weighted by atomic mass is 16.4. The minimum Gasteiger partial charge on any atom is -0.481 e. The van der Waals surface area contributed by atoms with Crippen LogP contribution in [0.3, 0.4) is 0 Å². The molecular weight excluding hydrogens is 226 g/mol. The predicted octanol–water partition coefficient (Wildman–Crippen LogP) is 3.67. The van der Waals surface area contributed by atoms with E-state index in [1.54, 1.807) is 0 Å². The molecule has 1 aliphatic rings. The van der Waals surface area contributed by atoms with Crippen molar-refractivity contribution >= 4 is 5.97 Å². The van der Waals surface area contributed by atoms with E-state index >= 15 is 0 Å². The van der Waals surface area contributed by atoms with Crippen LogP contribution < -0.4 is 0 Å². The highest BCUT2D eigenvalue weighted by Crippen LogP contribution is 2.38. The van der Waals surface area contributed by atoms with Gasteiger partial charge in [-0.25, -0.2) is 0 Å². The quantitative estimate of drug-likeness (QED) is 0.754. The Morgan fingerprint density at radius 1 is 1.28 bits per heavy atom. The third-order valence-corrected chi connectivity index (χ3v) is 4.65. The first kappa shape index (κ1) is 15.5. The number of carboxylic acid groups (broad SMARTS) is 1. The first-order valence-electron chi connectivity index (χ1n) is 7.50. The molecule has 0 spiro atoms. The number of hydrogen-bond acceptors (Lipinski definition) is 2. The van der Waals surface area contributed by atoms with Crippen molar-refractivity contribution in [2.45, 2.75) is 83.2 Å². The maximum atomic E-state index is 11.2. The summed E-state index contributed by atoms with van der Waals surface area (Å²) >= 11 is 0. The molecule has 0 aromatic carbocycles. The Bertz CT molecular complexity index is 259. The summed E-state index contributed by atoms with van der Waals surface area (Å²) < 4.78 is 0. The Kier molecular flexibility index (Phi) is 6.13. The fourth-order valence-electron chi connectivity index (χ4n) is 3.54. The van der Waals surface area contributed by atoms with E-state index in [4.69, 9.17) is 0 Å². The normalized spacial score (nSPS) is 20.9. The van der Waals surface area contributed by atoms with Crippen molar-refractivity contribution in [3.8, 4) is 0 Å². The number of nitrogens with zero attached hydrogens (tertiary/aromatic N) is 1. The molecule has 0 aliphatic heterocycles. The lowest BCUT2D eigenvalue weighted by atomic mass is 9.77. The van der Waals surface area contributed by atoms with E-state index < -0.39 is 5.97 Å².